The first-order valence-corrected chi connectivity index (χ1v) is 14.4. The average molecular weight is 580 g/mol. The number of hydrogen-bond acceptors (Lipinski definition) is 7. The minimum absolute atomic E-state index is 0.0372. The highest BCUT2D eigenvalue weighted by molar-refractivity contribution is 6.32. The molecule has 2 unspecified atom stereocenters. The summed E-state index contributed by atoms with van der Waals surface area (Å²) in [6.45, 7) is 6.33. The number of fused-ring (bicyclic) bond motifs is 2. The van der Waals surface area contributed by atoms with Gasteiger partial charge < -0.3 is 30.7 Å². The van der Waals surface area contributed by atoms with Gasteiger partial charge in [0, 0.05) is 56.6 Å². The molecule has 2 fully saturated rings. The summed E-state index contributed by atoms with van der Waals surface area (Å²) >= 11 is 0. The molecule has 0 saturated carbocycles. The Hall–Kier alpha value is -3.80. The lowest BCUT2D eigenvalue weighted by Gasteiger charge is -2.37. The number of hydrogen-bond donors (Lipinski definition) is 4. The van der Waals surface area contributed by atoms with E-state index in [2.05, 4.69) is 20.9 Å². The molecule has 2 amide bonds. The third-order valence-corrected chi connectivity index (χ3v) is 8.50. The molecule has 4 aliphatic heterocycles. The van der Waals surface area contributed by atoms with Crippen molar-refractivity contribution < 1.29 is 28.2 Å². The summed E-state index contributed by atoms with van der Waals surface area (Å²) in [6.07, 6.45) is 1.77. The molecule has 0 spiro atoms. The molecule has 2 aromatic carbocycles. The summed E-state index contributed by atoms with van der Waals surface area (Å²) in [7, 11) is 0. The quantitative estimate of drug-likeness (QED) is 0.357. The maximum atomic E-state index is 15.1. The predicted octanol–water partition coefficient (Wildman–Crippen LogP) is 2.70. The average Bonchev–Trinajstić information content (AvgIpc) is 3.45. The molecule has 42 heavy (non-hydrogen) atoms. The van der Waals surface area contributed by atoms with Gasteiger partial charge in [0.2, 0.25) is 5.91 Å². The van der Waals surface area contributed by atoms with Gasteiger partial charge in [-0.15, -0.1) is 0 Å². The van der Waals surface area contributed by atoms with Crippen LogP contribution in [0.4, 0.5) is 20.2 Å². The number of ether oxygens (including phenoxy) is 1. The molecule has 0 aliphatic carbocycles. The first-order valence-electron chi connectivity index (χ1n) is 14.4. The van der Waals surface area contributed by atoms with Crippen molar-refractivity contribution in [3.8, 4) is 0 Å². The van der Waals surface area contributed by atoms with Crippen molar-refractivity contribution >= 4 is 28.8 Å². The molecular weight excluding hydrogens is 544 g/mol. The second-order valence-corrected chi connectivity index (χ2v) is 11.3. The maximum absolute atomic E-state index is 15.1. The highest BCUT2D eigenvalue weighted by Crippen LogP contribution is 2.39. The molecule has 2 saturated heterocycles. The van der Waals surface area contributed by atoms with Crippen LogP contribution in [-0.4, -0.2) is 84.8 Å². The number of carbonyl (C=O) groups excluding carboxylic acids is 2. The number of nitrogens with zero attached hydrogens (tertiary/aromatic N) is 2. The van der Waals surface area contributed by atoms with Crippen LogP contribution in [0.3, 0.4) is 0 Å². The van der Waals surface area contributed by atoms with E-state index in [0.29, 0.717) is 61.8 Å². The van der Waals surface area contributed by atoms with E-state index < -0.39 is 11.9 Å². The number of nitrogens with one attached hydrogen (secondary N) is 3. The number of β-amino-alcohol motifs (C(OH)–C–C–N with tert-alkyl or cyclic N) is 1. The molecule has 3 atom stereocenters. The van der Waals surface area contributed by atoms with Crippen molar-refractivity contribution in [2.75, 3.05) is 56.6 Å². The fourth-order valence-corrected chi connectivity index (χ4v) is 6.23. The molecule has 4 N–H and O–H groups in total. The van der Waals surface area contributed by atoms with Crippen LogP contribution >= 0.6 is 0 Å². The summed E-state index contributed by atoms with van der Waals surface area (Å²) in [6, 6.07) is 8.71. The van der Waals surface area contributed by atoms with E-state index >= 15 is 4.39 Å². The summed E-state index contributed by atoms with van der Waals surface area (Å²) in [4.78, 5) is 30.3. The lowest BCUT2D eigenvalue weighted by Crippen LogP contribution is -2.53. The number of piperidine rings is 1. The van der Waals surface area contributed by atoms with Gasteiger partial charge in [-0.1, -0.05) is 12.1 Å². The van der Waals surface area contributed by atoms with E-state index in [1.54, 1.807) is 29.2 Å². The number of aliphatic hydroxyl groups is 1. The maximum Gasteiger partial charge on any atom is 0.256 e. The number of amides is 2. The number of allylic oxidation sites excluding steroid dienone is 1. The zero-order chi connectivity index (χ0) is 29.4. The standard InChI is InChI=1S/C31H35F2N5O4/c1-18-26(35-25-6-7-38(31(41)29(18)25)17-21(39)16-37-8-10-42-11-9-37)13-23-22-12-24(33)28(14-27(22)36-30(23)40)34-15-19-2-4-20(32)5-3-19/h2-5,12-14,21,25,29,34-35,39H,6-11,15-17H2,1H3,(H,36,40)/b23-13-/t21-,25?,29?/m1/s1. The van der Waals surface area contributed by atoms with Crippen molar-refractivity contribution in [3.63, 3.8) is 0 Å². The Kier molecular flexibility index (Phi) is 7.98. The number of anilines is 2. The number of benzene rings is 2. The Labute approximate surface area is 243 Å². The van der Waals surface area contributed by atoms with E-state index in [9.17, 15) is 19.1 Å². The van der Waals surface area contributed by atoms with Gasteiger partial charge in [0.25, 0.3) is 5.91 Å². The predicted molar refractivity (Wildman–Crippen MR) is 154 cm³/mol. The molecule has 4 heterocycles. The molecule has 9 nitrogen and oxygen atoms in total. The van der Waals surface area contributed by atoms with E-state index in [-0.39, 0.29) is 41.8 Å². The topological polar surface area (TPSA) is 106 Å². The summed E-state index contributed by atoms with van der Waals surface area (Å²) in [5.41, 5.74) is 3.77. The normalized spacial score (nSPS) is 24.0. The smallest absolute Gasteiger partial charge is 0.256 e. The SMILES string of the molecule is CC1=C(/C=C2\C(=O)Nc3cc(NCc4ccc(F)cc4)c(F)cc32)NC2CCN(C[C@H](O)CN3CCOCC3)C(=O)C12. The number of carbonyl (C=O) groups is 2. The largest absolute Gasteiger partial charge is 0.390 e. The van der Waals surface area contributed by atoms with Gasteiger partial charge in [-0.05, 0) is 54.8 Å². The molecule has 0 radical (unpaired) electrons. The van der Waals surface area contributed by atoms with E-state index in [1.165, 1.54) is 18.2 Å². The number of likely N-dealkylation sites (tertiary alicyclic amines) is 1. The van der Waals surface area contributed by atoms with Gasteiger partial charge in [-0.2, -0.15) is 0 Å². The number of rotatable bonds is 8. The second-order valence-electron chi connectivity index (χ2n) is 11.3. The first-order chi connectivity index (χ1) is 20.3. The fraction of sp³-hybridized carbons (Fsp3) is 0.419. The molecule has 2 aromatic rings. The second kappa shape index (κ2) is 11.8. The lowest BCUT2D eigenvalue weighted by atomic mass is 9.88. The van der Waals surface area contributed by atoms with Crippen molar-refractivity contribution in [1.82, 2.24) is 15.1 Å². The lowest BCUT2D eigenvalue weighted by molar-refractivity contribution is -0.139. The summed E-state index contributed by atoms with van der Waals surface area (Å²) in [5.74, 6) is -1.63. The third kappa shape index (κ3) is 5.77. The van der Waals surface area contributed by atoms with Crippen LogP contribution < -0.4 is 16.0 Å². The molecule has 6 rings (SSSR count). The third-order valence-electron chi connectivity index (χ3n) is 8.50. The number of aliphatic hydroxyl groups excluding tert-OH is 1. The van der Waals surface area contributed by atoms with Crippen LogP contribution in [0.1, 0.15) is 24.5 Å². The Bertz CT molecular complexity index is 1440. The molecule has 222 valence electrons. The zero-order valence-corrected chi connectivity index (χ0v) is 23.5. The van der Waals surface area contributed by atoms with Crippen LogP contribution in [0.25, 0.3) is 5.57 Å². The first kappa shape index (κ1) is 28.3. The molecule has 11 heteroatoms. The van der Waals surface area contributed by atoms with Crippen molar-refractivity contribution in [2.45, 2.75) is 32.0 Å². The Morgan fingerprint density at radius 1 is 1.12 bits per heavy atom. The van der Waals surface area contributed by atoms with Crippen LogP contribution in [0.5, 0.6) is 0 Å². The van der Waals surface area contributed by atoms with Gasteiger partial charge in [-0.3, -0.25) is 14.5 Å². The van der Waals surface area contributed by atoms with Crippen LogP contribution in [0.2, 0.25) is 0 Å². The van der Waals surface area contributed by atoms with Gasteiger partial charge in [-0.25, -0.2) is 8.78 Å². The Balaban J connectivity index is 1.15. The monoisotopic (exact) mass is 579 g/mol. The van der Waals surface area contributed by atoms with Crippen molar-refractivity contribution in [2.24, 2.45) is 5.92 Å². The van der Waals surface area contributed by atoms with E-state index in [0.717, 1.165) is 24.2 Å². The van der Waals surface area contributed by atoms with Gasteiger partial charge in [0.15, 0.2) is 0 Å². The minimum atomic E-state index is -0.646. The van der Waals surface area contributed by atoms with E-state index in [1.807, 2.05) is 6.92 Å². The molecule has 0 aromatic heterocycles. The fourth-order valence-electron chi connectivity index (χ4n) is 6.23. The summed E-state index contributed by atoms with van der Waals surface area (Å²) < 4.78 is 33.6. The Morgan fingerprint density at radius 2 is 1.88 bits per heavy atom. The number of halogens is 2. The molecule has 4 aliphatic rings. The Morgan fingerprint density at radius 3 is 2.64 bits per heavy atom. The van der Waals surface area contributed by atoms with Gasteiger partial charge >= 0.3 is 0 Å². The van der Waals surface area contributed by atoms with Gasteiger partial charge in [0.05, 0.1) is 42.2 Å². The molecule has 0 bridgehead atoms. The van der Waals surface area contributed by atoms with Crippen LogP contribution in [-0.2, 0) is 20.9 Å². The van der Waals surface area contributed by atoms with Crippen LogP contribution in [0.15, 0.2) is 53.7 Å². The minimum Gasteiger partial charge on any atom is -0.390 e. The zero-order valence-electron chi connectivity index (χ0n) is 23.5. The summed E-state index contributed by atoms with van der Waals surface area (Å²) in [5, 5.41) is 19.9. The van der Waals surface area contributed by atoms with Crippen molar-refractivity contribution in [1.29, 1.82) is 0 Å². The van der Waals surface area contributed by atoms with E-state index in [4.69, 9.17) is 4.74 Å². The highest BCUT2D eigenvalue weighted by atomic mass is 19.1. The highest BCUT2D eigenvalue weighted by Gasteiger charge is 2.43. The molecular formula is C31H35F2N5O4. The van der Waals surface area contributed by atoms with Crippen molar-refractivity contribution in [3.05, 3.63) is 76.5 Å². The number of morpholine rings is 1. The van der Waals surface area contributed by atoms with Crippen LogP contribution in [0, 0.1) is 17.6 Å². The van der Waals surface area contributed by atoms with Gasteiger partial charge in [0.1, 0.15) is 11.6 Å².